The molecule has 96 valence electrons. The molecule has 2 nitrogen and oxygen atoms in total. The Morgan fingerprint density at radius 1 is 1.29 bits per heavy atom. The van der Waals surface area contributed by atoms with Crippen molar-refractivity contribution >= 4 is 0 Å². The third kappa shape index (κ3) is 3.47. The molecular formula is C15H24O2. The van der Waals surface area contributed by atoms with Crippen LogP contribution in [0.2, 0.25) is 0 Å². The van der Waals surface area contributed by atoms with Gasteiger partial charge >= 0.3 is 0 Å². The predicted molar refractivity (Wildman–Crippen MR) is 71.6 cm³/mol. The zero-order chi connectivity index (χ0) is 13.1. The summed E-state index contributed by atoms with van der Waals surface area (Å²) in [6, 6.07) is 6.09. The molecule has 1 atom stereocenters. The van der Waals surface area contributed by atoms with Gasteiger partial charge in [0.2, 0.25) is 0 Å². The van der Waals surface area contributed by atoms with E-state index in [9.17, 15) is 5.11 Å². The molecule has 0 saturated heterocycles. The van der Waals surface area contributed by atoms with E-state index in [4.69, 9.17) is 4.74 Å². The fourth-order valence-corrected chi connectivity index (χ4v) is 1.89. The van der Waals surface area contributed by atoms with Crippen LogP contribution in [0.25, 0.3) is 0 Å². The molecule has 17 heavy (non-hydrogen) atoms. The third-order valence-electron chi connectivity index (χ3n) is 3.02. The number of aliphatic hydroxyl groups excluding tert-OH is 1. The molecule has 2 heteroatoms. The molecule has 1 N–H and O–H groups in total. The maximum Gasteiger partial charge on any atom is 0.124 e. The second kappa shape index (κ2) is 5.54. The van der Waals surface area contributed by atoms with Gasteiger partial charge < -0.3 is 9.84 Å². The second-order valence-electron chi connectivity index (χ2n) is 5.51. The molecule has 0 amide bonds. The topological polar surface area (TPSA) is 29.5 Å². The second-order valence-corrected chi connectivity index (χ2v) is 5.51. The lowest BCUT2D eigenvalue weighted by Crippen LogP contribution is -2.12. The average molecular weight is 236 g/mol. The van der Waals surface area contributed by atoms with Gasteiger partial charge in [0, 0.05) is 5.56 Å². The predicted octanol–water partition coefficient (Wildman–Crippen LogP) is 3.83. The monoisotopic (exact) mass is 236 g/mol. The van der Waals surface area contributed by atoms with E-state index in [2.05, 4.69) is 39.8 Å². The van der Waals surface area contributed by atoms with Crippen LogP contribution in [0, 0.1) is 0 Å². The first-order chi connectivity index (χ1) is 7.90. The van der Waals surface area contributed by atoms with Crippen molar-refractivity contribution in [1.82, 2.24) is 0 Å². The Hall–Kier alpha value is -1.02. The SMILES string of the molecule is CCCC(O)c1cc(C(C)(C)C)ccc1OC. The maximum atomic E-state index is 10.1. The van der Waals surface area contributed by atoms with Crippen molar-refractivity contribution in [3.8, 4) is 5.75 Å². The quantitative estimate of drug-likeness (QED) is 0.861. The van der Waals surface area contributed by atoms with E-state index in [1.165, 1.54) is 5.56 Å². The Kier molecular flexibility index (Phi) is 4.58. The maximum absolute atomic E-state index is 10.1. The highest BCUT2D eigenvalue weighted by atomic mass is 16.5. The zero-order valence-electron chi connectivity index (χ0n) is 11.6. The van der Waals surface area contributed by atoms with Gasteiger partial charge in [0.15, 0.2) is 0 Å². The molecule has 1 aromatic carbocycles. The third-order valence-corrected chi connectivity index (χ3v) is 3.02. The number of rotatable bonds is 4. The van der Waals surface area contributed by atoms with E-state index in [0.717, 1.165) is 24.2 Å². The van der Waals surface area contributed by atoms with Gasteiger partial charge in [0.25, 0.3) is 0 Å². The Morgan fingerprint density at radius 2 is 1.94 bits per heavy atom. The normalized spacial score (nSPS) is 13.5. The van der Waals surface area contributed by atoms with E-state index in [1.54, 1.807) is 7.11 Å². The fourth-order valence-electron chi connectivity index (χ4n) is 1.89. The molecule has 0 aromatic heterocycles. The van der Waals surface area contributed by atoms with Gasteiger partial charge in [-0.05, 0) is 29.5 Å². The standard InChI is InChI=1S/C15H24O2/c1-6-7-13(16)12-10-11(15(2,3)4)8-9-14(12)17-5/h8-10,13,16H,6-7H2,1-5H3. The lowest BCUT2D eigenvalue weighted by Gasteiger charge is -2.22. The molecule has 0 heterocycles. The molecule has 1 unspecified atom stereocenters. The molecule has 0 aliphatic rings. The summed E-state index contributed by atoms with van der Waals surface area (Å²) in [6.45, 7) is 8.59. The number of hydrogen-bond acceptors (Lipinski definition) is 2. The van der Waals surface area contributed by atoms with Gasteiger partial charge in [-0.1, -0.05) is 40.2 Å². The highest BCUT2D eigenvalue weighted by molar-refractivity contribution is 5.41. The summed E-state index contributed by atoms with van der Waals surface area (Å²) in [7, 11) is 1.65. The fraction of sp³-hybridized carbons (Fsp3) is 0.600. The van der Waals surface area contributed by atoms with Gasteiger partial charge in [-0.15, -0.1) is 0 Å². The first-order valence-electron chi connectivity index (χ1n) is 6.26. The number of benzene rings is 1. The van der Waals surface area contributed by atoms with Gasteiger partial charge in [0.05, 0.1) is 13.2 Å². The molecular weight excluding hydrogens is 212 g/mol. The summed E-state index contributed by atoms with van der Waals surface area (Å²) < 4.78 is 5.32. The van der Waals surface area contributed by atoms with E-state index in [0.29, 0.717) is 0 Å². The first-order valence-corrected chi connectivity index (χ1v) is 6.26. The van der Waals surface area contributed by atoms with Crippen molar-refractivity contribution < 1.29 is 9.84 Å². The largest absolute Gasteiger partial charge is 0.496 e. The van der Waals surface area contributed by atoms with E-state index < -0.39 is 6.10 Å². The van der Waals surface area contributed by atoms with Crippen LogP contribution in [0.15, 0.2) is 18.2 Å². The summed E-state index contributed by atoms with van der Waals surface area (Å²) in [5.41, 5.74) is 2.22. The molecule has 0 fully saturated rings. The Morgan fingerprint density at radius 3 is 2.41 bits per heavy atom. The van der Waals surface area contributed by atoms with Gasteiger partial charge in [-0.2, -0.15) is 0 Å². The van der Waals surface area contributed by atoms with Crippen molar-refractivity contribution in [2.75, 3.05) is 7.11 Å². The zero-order valence-corrected chi connectivity index (χ0v) is 11.6. The number of aliphatic hydroxyl groups is 1. The smallest absolute Gasteiger partial charge is 0.124 e. The summed E-state index contributed by atoms with van der Waals surface area (Å²) in [6.07, 6.45) is 1.30. The molecule has 0 aliphatic heterocycles. The highest BCUT2D eigenvalue weighted by Crippen LogP contribution is 2.33. The summed E-state index contributed by atoms with van der Waals surface area (Å²) >= 11 is 0. The highest BCUT2D eigenvalue weighted by Gasteiger charge is 2.18. The molecule has 1 aromatic rings. The summed E-state index contributed by atoms with van der Waals surface area (Å²) in [4.78, 5) is 0. The van der Waals surface area contributed by atoms with Crippen LogP contribution >= 0.6 is 0 Å². The van der Waals surface area contributed by atoms with Crippen LogP contribution < -0.4 is 4.74 Å². The molecule has 0 aliphatic carbocycles. The van der Waals surface area contributed by atoms with Crippen molar-refractivity contribution in [2.24, 2.45) is 0 Å². The molecule has 0 bridgehead atoms. The van der Waals surface area contributed by atoms with Crippen molar-refractivity contribution in [1.29, 1.82) is 0 Å². The van der Waals surface area contributed by atoms with E-state index in [-0.39, 0.29) is 5.41 Å². The number of methoxy groups -OCH3 is 1. The molecule has 1 rings (SSSR count). The van der Waals surface area contributed by atoms with Gasteiger partial charge in [0.1, 0.15) is 5.75 Å². The van der Waals surface area contributed by atoms with E-state index in [1.807, 2.05) is 6.07 Å². The van der Waals surface area contributed by atoms with Crippen LogP contribution in [0.5, 0.6) is 5.75 Å². The number of hydrogen-bond donors (Lipinski definition) is 1. The number of ether oxygens (including phenoxy) is 1. The van der Waals surface area contributed by atoms with Crippen molar-refractivity contribution in [3.05, 3.63) is 29.3 Å². The molecule has 0 radical (unpaired) electrons. The van der Waals surface area contributed by atoms with Gasteiger partial charge in [-0.25, -0.2) is 0 Å². The average Bonchev–Trinajstić information content (AvgIpc) is 2.27. The van der Waals surface area contributed by atoms with Crippen molar-refractivity contribution in [3.63, 3.8) is 0 Å². The minimum absolute atomic E-state index is 0.0902. The van der Waals surface area contributed by atoms with Crippen LogP contribution in [-0.4, -0.2) is 12.2 Å². The van der Waals surface area contributed by atoms with Crippen LogP contribution in [0.1, 0.15) is 57.8 Å². The van der Waals surface area contributed by atoms with E-state index >= 15 is 0 Å². The Balaban J connectivity index is 3.15. The van der Waals surface area contributed by atoms with Crippen LogP contribution in [-0.2, 0) is 5.41 Å². The summed E-state index contributed by atoms with van der Waals surface area (Å²) in [5, 5.41) is 10.1. The lowest BCUT2D eigenvalue weighted by molar-refractivity contribution is 0.162. The van der Waals surface area contributed by atoms with Gasteiger partial charge in [-0.3, -0.25) is 0 Å². The minimum atomic E-state index is -0.433. The van der Waals surface area contributed by atoms with Crippen LogP contribution in [0.4, 0.5) is 0 Å². The molecule has 0 spiro atoms. The summed E-state index contributed by atoms with van der Waals surface area (Å²) in [5.74, 6) is 0.777. The van der Waals surface area contributed by atoms with Crippen molar-refractivity contribution in [2.45, 2.75) is 52.1 Å². The van der Waals surface area contributed by atoms with Crippen LogP contribution in [0.3, 0.4) is 0 Å². The minimum Gasteiger partial charge on any atom is -0.496 e. The first kappa shape index (κ1) is 14.0. The molecule has 0 saturated carbocycles. The lowest BCUT2D eigenvalue weighted by atomic mass is 9.85. The Bertz CT molecular complexity index is 364. The Labute approximate surface area is 105 Å².